The van der Waals surface area contributed by atoms with E-state index in [0.29, 0.717) is 56.5 Å². The molecule has 8 N–H and O–H groups in total. The van der Waals surface area contributed by atoms with Gasteiger partial charge in [-0.25, -0.2) is 9.78 Å². The maximum Gasteiger partial charge on any atom is 0.326 e. The number of aliphatic carboxylic acids is 2. The third kappa shape index (κ3) is 35.5. The molecule has 1 aromatic heterocycles. The number of ether oxygens (including phenoxy) is 4. The number of imide groups is 2. The molecule has 0 saturated carbocycles. The van der Waals surface area contributed by atoms with Gasteiger partial charge >= 0.3 is 17.9 Å². The number of unbranched alkanes of at least 4 members (excludes halogenated alkanes) is 2. The van der Waals surface area contributed by atoms with Gasteiger partial charge in [0, 0.05) is 158 Å². The fourth-order valence-corrected chi connectivity index (χ4v) is 14.9. The van der Waals surface area contributed by atoms with Gasteiger partial charge in [-0.15, -0.1) is 11.3 Å². The molecule has 3 aliphatic rings. The highest BCUT2D eigenvalue weighted by Crippen LogP contribution is 2.34. The monoisotopic (exact) mass is 1690 g/mol. The van der Waals surface area contributed by atoms with Crippen molar-refractivity contribution in [2.45, 2.75) is 207 Å². The number of nitrogens with zero attached hydrogens (tertiary/aromatic N) is 6. The highest BCUT2D eigenvalue weighted by Gasteiger charge is 2.40. The van der Waals surface area contributed by atoms with Crippen molar-refractivity contribution >= 4 is 118 Å². The second-order valence-corrected chi connectivity index (χ2v) is 31.1. The smallest absolute Gasteiger partial charge is 0.326 e. The molecule has 9 atom stereocenters. The van der Waals surface area contributed by atoms with Gasteiger partial charge in [-0.05, 0) is 96.1 Å². The van der Waals surface area contributed by atoms with Gasteiger partial charge in [0.1, 0.15) is 48.3 Å². The number of ketones is 2. The van der Waals surface area contributed by atoms with Crippen molar-refractivity contribution < 1.29 is 115 Å². The van der Waals surface area contributed by atoms with Crippen molar-refractivity contribution in [3.63, 3.8) is 0 Å². The molecular weight excluding hydrogens is 1570 g/mol. The molecule has 37 heteroatoms. The summed E-state index contributed by atoms with van der Waals surface area (Å²) in [6, 6.07) is 4.74. The zero-order chi connectivity index (χ0) is 87.7. The first-order valence-corrected chi connectivity index (χ1v) is 41.6. The van der Waals surface area contributed by atoms with Gasteiger partial charge in [0.15, 0.2) is 11.9 Å². The van der Waals surface area contributed by atoms with Crippen LogP contribution >= 0.6 is 11.3 Å². The summed E-state index contributed by atoms with van der Waals surface area (Å²) in [5.74, 6) is -13.2. The molecule has 1 aromatic carbocycles. The van der Waals surface area contributed by atoms with Gasteiger partial charge < -0.3 is 70.9 Å². The van der Waals surface area contributed by atoms with E-state index in [0.717, 1.165) is 56.6 Å². The van der Waals surface area contributed by atoms with E-state index in [1.165, 1.54) is 11.8 Å². The maximum absolute atomic E-state index is 15.2. The number of rotatable bonds is 59. The van der Waals surface area contributed by atoms with Crippen molar-refractivity contribution in [2.24, 2.45) is 23.7 Å². The van der Waals surface area contributed by atoms with E-state index in [9.17, 15) is 86.6 Å². The van der Waals surface area contributed by atoms with Crippen LogP contribution in [-0.4, -0.2) is 275 Å². The lowest BCUT2D eigenvalue weighted by Crippen LogP contribution is -2.51. The summed E-state index contributed by atoms with van der Waals surface area (Å²) in [5, 5.41) is 36.8. The van der Waals surface area contributed by atoms with Crippen molar-refractivity contribution in [1.82, 2.24) is 61.4 Å². The number of thiazole rings is 1. The van der Waals surface area contributed by atoms with Gasteiger partial charge in [0.05, 0.1) is 25.8 Å². The lowest BCUT2D eigenvalue weighted by molar-refractivity contribution is -0.150. The molecule has 0 aliphatic carbocycles. The van der Waals surface area contributed by atoms with E-state index in [2.05, 4.69) is 36.9 Å². The topological polar surface area (TPSA) is 486 Å². The summed E-state index contributed by atoms with van der Waals surface area (Å²) < 4.78 is 21.5. The van der Waals surface area contributed by atoms with Gasteiger partial charge in [-0.1, -0.05) is 76.8 Å². The van der Waals surface area contributed by atoms with Crippen molar-refractivity contribution in [2.75, 3.05) is 98.4 Å². The summed E-state index contributed by atoms with van der Waals surface area (Å²) >= 11 is 1.14. The Kier molecular flexibility index (Phi) is 43.6. The standard InChI is InChI=1S/C82H118N12O24S/c1-9-54(6)61(81(112)92(10-2)65(52(3)4)45-67(118-56(8)96)80-89-63(50-119-80)79(111)87-59(41-55(7)117-51-95)42-57-22-20-53(5)21-23-57)44-66(98)64-19-13-16-34-91(64)47-69(100)83-30-14-11-17-58(43-60(97)24-25-72(103)90(35-37-93-73(104)26-27-74(93)105)36-38-94-75(106)28-29-76(94)107)78(110)88-62(82(113)114)18-12-15-31-84-70(101)48-116-40-33-86-71(102)49-115-39-32-85-68(99)46-77(108)109/h20-23,26-29,50-52,54-55,58-59,61-62,64-65,67H,9-19,24-25,30-49H2,1-8H3,(H,83,100)(H,84,101)(H,85,99)(H,86,102)(H,87,111)(H,88,110)(H,108,109)(H,113,114)/t54?,55?,58?,59-,61+,62?,64?,65-,67-/m1/s1. The number of Topliss-reactive ketones (excluding diaryl/α,β-unsaturated/α-hetero) is 2. The first-order chi connectivity index (χ1) is 56.7. The Bertz CT molecular complexity index is 3800. The molecule has 5 unspecified atom stereocenters. The summed E-state index contributed by atoms with van der Waals surface area (Å²) in [6.07, 6.45) is 4.82. The molecule has 3 aliphatic heterocycles. The molecule has 1 saturated heterocycles. The fourth-order valence-electron chi connectivity index (χ4n) is 14.0. The van der Waals surface area contributed by atoms with Crippen LogP contribution in [0.2, 0.25) is 0 Å². The number of carbonyl (C=O) groups excluding carboxylic acids is 16. The molecule has 0 radical (unpaired) electrons. The first kappa shape index (κ1) is 99.0. The molecule has 4 heterocycles. The Labute approximate surface area is 697 Å². The molecule has 36 nitrogen and oxygen atoms in total. The van der Waals surface area contributed by atoms with Gasteiger partial charge in [0.2, 0.25) is 41.4 Å². The van der Waals surface area contributed by atoms with Crippen molar-refractivity contribution in [1.29, 1.82) is 0 Å². The molecule has 2 aromatic rings. The number of aromatic nitrogens is 1. The lowest BCUT2D eigenvalue weighted by atomic mass is 9.82. The van der Waals surface area contributed by atoms with E-state index >= 15 is 4.79 Å². The van der Waals surface area contributed by atoms with Crippen LogP contribution in [0.1, 0.15) is 190 Å². The molecule has 1 fully saturated rings. The summed E-state index contributed by atoms with van der Waals surface area (Å²) in [6.45, 7) is 13.9. The third-order valence-corrected chi connectivity index (χ3v) is 21.6. The van der Waals surface area contributed by atoms with Gasteiger partial charge in [0.25, 0.3) is 36.0 Å². The van der Waals surface area contributed by atoms with Crippen molar-refractivity contribution in [3.8, 4) is 0 Å². The average molecular weight is 1690 g/mol. The van der Waals surface area contributed by atoms with Crippen LogP contribution in [0.4, 0.5) is 0 Å². The van der Waals surface area contributed by atoms with E-state index < -0.39 is 163 Å². The lowest BCUT2D eigenvalue weighted by Gasteiger charge is -2.39. The number of carboxylic acid groups (broad SMARTS) is 2. The number of benzene rings is 1. The number of likely N-dealkylation sites (tertiary alicyclic amines) is 1. The van der Waals surface area contributed by atoms with Crippen LogP contribution in [0.3, 0.4) is 0 Å². The Hall–Kier alpha value is -10.5. The Morgan fingerprint density at radius 1 is 0.697 bits per heavy atom. The number of esters is 1. The molecular formula is C82H118N12O24S. The van der Waals surface area contributed by atoms with E-state index in [-0.39, 0.29) is 172 Å². The molecule has 0 spiro atoms. The fraction of sp³-hybridized carbons (Fsp3) is 0.622. The van der Waals surface area contributed by atoms with E-state index in [1.807, 2.05) is 70.7 Å². The van der Waals surface area contributed by atoms with Crippen LogP contribution in [0, 0.1) is 30.6 Å². The summed E-state index contributed by atoms with van der Waals surface area (Å²) in [7, 11) is 0. The van der Waals surface area contributed by atoms with Crippen LogP contribution in [0.15, 0.2) is 53.9 Å². The highest BCUT2D eigenvalue weighted by molar-refractivity contribution is 7.09. The Balaban J connectivity index is 1.20. The normalized spacial score (nSPS) is 16.0. The number of hydrogen-bond acceptors (Lipinski definition) is 25. The van der Waals surface area contributed by atoms with Crippen molar-refractivity contribution in [3.05, 3.63) is 75.8 Å². The van der Waals surface area contributed by atoms with Crippen LogP contribution in [0.5, 0.6) is 0 Å². The number of aryl methyl sites for hydroxylation is 1. The zero-order valence-electron chi connectivity index (χ0n) is 69.3. The minimum absolute atomic E-state index is 0.00669. The molecule has 12 amide bonds. The Morgan fingerprint density at radius 2 is 1.28 bits per heavy atom. The predicted octanol–water partition coefficient (Wildman–Crippen LogP) is 3.00. The maximum atomic E-state index is 15.2. The van der Waals surface area contributed by atoms with Crippen LogP contribution in [-0.2, 0) is 107 Å². The number of piperidine rings is 1. The van der Waals surface area contributed by atoms with E-state index in [4.69, 9.17) is 24.1 Å². The summed E-state index contributed by atoms with van der Waals surface area (Å²) in [5.41, 5.74) is 2.11. The molecule has 656 valence electrons. The number of carboxylic acids is 2. The highest BCUT2D eigenvalue weighted by atomic mass is 32.1. The molecule has 119 heavy (non-hydrogen) atoms. The third-order valence-electron chi connectivity index (χ3n) is 20.7. The average Bonchev–Trinajstić information content (AvgIpc) is 1.81. The largest absolute Gasteiger partial charge is 0.481 e. The SMILES string of the molecule is CCC(C)[C@H](CC(=O)C1CCCCN1CC(=O)NCCCCC(CC(=O)CCC(=O)N(CCN1C(=O)C=CC1=O)CCN1C(=O)C=CC1=O)C(=O)NC(CCCCNC(=O)COCCNC(=O)COCCNC(=O)CC(=O)O)C(=O)O)C(=O)N(CC)[C@H](C[C@@H](OC(C)=O)c1nc(C(=O)N[C@@H](Cc2ccc(C)cc2)CC(C)OC=O)cs1)C(C)C. The summed E-state index contributed by atoms with van der Waals surface area (Å²) in [4.78, 5) is 244. The van der Waals surface area contributed by atoms with Crippen LogP contribution < -0.4 is 31.9 Å². The number of nitrogens with one attached hydrogen (secondary N) is 6. The first-order valence-electron chi connectivity index (χ1n) is 40.7. The number of amides is 12. The van der Waals surface area contributed by atoms with Crippen LogP contribution in [0.25, 0.3) is 0 Å². The minimum Gasteiger partial charge on any atom is -0.481 e. The predicted molar refractivity (Wildman–Crippen MR) is 430 cm³/mol. The Morgan fingerprint density at radius 3 is 1.83 bits per heavy atom. The number of hydrogen-bond donors (Lipinski definition) is 8. The van der Waals surface area contributed by atoms with E-state index in [1.54, 1.807) is 17.2 Å². The molecule has 5 rings (SSSR count). The van der Waals surface area contributed by atoms with Gasteiger partial charge in [-0.2, -0.15) is 0 Å². The van der Waals surface area contributed by atoms with Gasteiger partial charge in [-0.3, -0.25) is 96.2 Å². The second kappa shape index (κ2) is 52.4. The zero-order valence-corrected chi connectivity index (χ0v) is 70.2. The molecule has 0 bridgehead atoms. The minimum atomic E-state index is -1.44. The second-order valence-electron chi connectivity index (χ2n) is 30.2. The number of carbonyl (C=O) groups is 18. The quantitative estimate of drug-likeness (QED) is 0.0155.